The lowest BCUT2D eigenvalue weighted by Crippen LogP contribution is -1.79. The summed E-state index contributed by atoms with van der Waals surface area (Å²) in [5.74, 6) is 0. The maximum atomic E-state index is 4.54. The molecule has 0 heterocycles. The minimum atomic E-state index is 0.934. The molecule has 0 aliphatic carbocycles. The van der Waals surface area contributed by atoms with Crippen molar-refractivity contribution in [2.45, 2.75) is 13.8 Å². The maximum absolute atomic E-state index is 4.54. The van der Waals surface area contributed by atoms with Crippen LogP contribution in [-0.2, 0) is 0 Å². The predicted molar refractivity (Wildman–Crippen MR) is 96.3 cm³/mol. The van der Waals surface area contributed by atoms with Crippen molar-refractivity contribution in [2.24, 2.45) is 0 Å². The van der Waals surface area contributed by atoms with Gasteiger partial charge in [-0.3, -0.25) is 0 Å². The maximum Gasteiger partial charge on any atom is 0.0113 e. The van der Waals surface area contributed by atoms with Crippen LogP contribution in [0.3, 0.4) is 0 Å². The van der Waals surface area contributed by atoms with Gasteiger partial charge in [-0.15, -0.1) is 25.3 Å². The zero-order valence-electron chi connectivity index (χ0n) is 11.7. The molecule has 2 heteroatoms. The molecule has 0 bridgehead atoms. The van der Waals surface area contributed by atoms with E-state index < -0.39 is 0 Å². The molecule has 0 nitrogen and oxygen atoms in total. The van der Waals surface area contributed by atoms with Crippen molar-refractivity contribution in [1.29, 1.82) is 0 Å². The molecule has 2 aromatic carbocycles. The van der Waals surface area contributed by atoms with E-state index in [2.05, 4.69) is 87.6 Å². The van der Waals surface area contributed by atoms with Gasteiger partial charge in [0.25, 0.3) is 0 Å². The van der Waals surface area contributed by atoms with Crippen molar-refractivity contribution >= 4 is 35.1 Å². The molecule has 0 N–H and O–H groups in total. The minimum Gasteiger partial charge on any atom is -0.143 e. The number of aryl methyl sites for hydroxylation is 2. The molecule has 0 saturated heterocycles. The molecule has 0 atom stereocenters. The normalized spacial score (nSPS) is 12.6. The first-order valence-electron chi connectivity index (χ1n) is 6.50. The summed E-state index contributed by atoms with van der Waals surface area (Å²) in [6.07, 6.45) is 3.96. The van der Waals surface area contributed by atoms with Crippen LogP contribution in [0.25, 0.3) is 9.81 Å². The Morgan fingerprint density at radius 3 is 1.25 bits per heavy atom. The van der Waals surface area contributed by atoms with E-state index in [1.54, 1.807) is 0 Å². The van der Waals surface area contributed by atoms with E-state index in [0.29, 0.717) is 0 Å². The molecular weight excluding hydrogens is 280 g/mol. The summed E-state index contributed by atoms with van der Waals surface area (Å²) in [7, 11) is 0. The second-order valence-corrected chi connectivity index (χ2v) is 5.80. The molecule has 0 saturated carbocycles. The van der Waals surface area contributed by atoms with Gasteiger partial charge in [0.15, 0.2) is 0 Å². The molecule has 20 heavy (non-hydrogen) atoms. The quantitative estimate of drug-likeness (QED) is 0.539. The van der Waals surface area contributed by atoms with Gasteiger partial charge in [-0.25, -0.2) is 0 Å². The number of rotatable bonds is 3. The fraction of sp³-hybridized carbons (Fsp3) is 0.111. The van der Waals surface area contributed by atoms with Crippen LogP contribution in [0.5, 0.6) is 0 Å². The summed E-state index contributed by atoms with van der Waals surface area (Å²) < 4.78 is 0. The average Bonchev–Trinajstić information content (AvgIpc) is 2.46. The molecule has 0 fully saturated rings. The predicted octanol–water partition coefficient (Wildman–Crippen LogP) is 5.55. The molecule has 0 radical (unpaired) electrons. The SMILES string of the molecule is Cc1ccc(/C(S)=C/C=C(\S)c2ccc(C)cc2)cc1. The monoisotopic (exact) mass is 298 g/mol. The van der Waals surface area contributed by atoms with Gasteiger partial charge in [-0.1, -0.05) is 59.7 Å². The lowest BCUT2D eigenvalue weighted by atomic mass is 10.1. The highest BCUT2D eigenvalue weighted by Gasteiger charge is 1.97. The van der Waals surface area contributed by atoms with E-state index in [4.69, 9.17) is 0 Å². The molecular formula is C18H18S2. The highest BCUT2D eigenvalue weighted by molar-refractivity contribution is 7.91. The topological polar surface area (TPSA) is 0 Å². The number of hydrogen-bond donors (Lipinski definition) is 2. The Kier molecular flexibility index (Phi) is 5.16. The summed E-state index contributed by atoms with van der Waals surface area (Å²) >= 11 is 9.08. The second kappa shape index (κ2) is 6.87. The summed E-state index contributed by atoms with van der Waals surface area (Å²) in [6, 6.07) is 16.7. The van der Waals surface area contributed by atoms with Gasteiger partial charge < -0.3 is 0 Å². The molecule has 0 amide bonds. The Balaban J connectivity index is 2.19. The van der Waals surface area contributed by atoms with Gasteiger partial charge in [-0.2, -0.15) is 0 Å². The summed E-state index contributed by atoms with van der Waals surface area (Å²) in [4.78, 5) is 1.87. The van der Waals surface area contributed by atoms with Crippen molar-refractivity contribution in [3.05, 3.63) is 82.9 Å². The van der Waals surface area contributed by atoms with Crippen molar-refractivity contribution < 1.29 is 0 Å². The fourth-order valence-electron chi connectivity index (χ4n) is 1.80. The van der Waals surface area contributed by atoms with Crippen molar-refractivity contribution in [3.8, 4) is 0 Å². The molecule has 0 aromatic heterocycles. The van der Waals surface area contributed by atoms with Crippen molar-refractivity contribution in [1.82, 2.24) is 0 Å². The zero-order chi connectivity index (χ0) is 14.5. The number of thiol groups is 2. The van der Waals surface area contributed by atoms with Crippen LogP contribution in [0.2, 0.25) is 0 Å². The van der Waals surface area contributed by atoms with Crippen LogP contribution in [-0.4, -0.2) is 0 Å². The summed E-state index contributed by atoms with van der Waals surface area (Å²) in [5, 5.41) is 0. The Morgan fingerprint density at radius 2 is 0.950 bits per heavy atom. The molecule has 0 aliphatic heterocycles. The summed E-state index contributed by atoms with van der Waals surface area (Å²) in [5.41, 5.74) is 4.72. The van der Waals surface area contributed by atoms with E-state index in [9.17, 15) is 0 Å². The standard InChI is InChI=1S/C18H18S2/c1-13-3-7-15(8-4-13)17(19)11-12-18(20)16-9-5-14(2)6-10-16/h3-12,19-20H,1-2H3/b17-11-,18-12-. The number of benzene rings is 2. The first-order chi connectivity index (χ1) is 9.56. The van der Waals surface area contributed by atoms with Gasteiger partial charge in [-0.05, 0) is 37.1 Å². The van der Waals surface area contributed by atoms with E-state index in [0.717, 1.165) is 20.9 Å². The highest BCUT2D eigenvalue weighted by Crippen LogP contribution is 2.23. The molecule has 2 aromatic rings. The third kappa shape index (κ3) is 4.06. The molecule has 102 valence electrons. The van der Waals surface area contributed by atoms with E-state index in [-0.39, 0.29) is 0 Å². The van der Waals surface area contributed by atoms with Crippen molar-refractivity contribution in [3.63, 3.8) is 0 Å². The largest absolute Gasteiger partial charge is 0.143 e. The minimum absolute atomic E-state index is 0.934. The Morgan fingerprint density at radius 1 is 0.650 bits per heavy atom. The first-order valence-corrected chi connectivity index (χ1v) is 7.40. The molecule has 0 aliphatic rings. The number of allylic oxidation sites excluding steroid dienone is 2. The zero-order valence-corrected chi connectivity index (χ0v) is 13.5. The number of hydrogen-bond acceptors (Lipinski definition) is 2. The Labute approximate surface area is 132 Å². The second-order valence-electron chi connectivity index (χ2n) is 4.84. The first kappa shape index (κ1) is 15.0. The van der Waals surface area contributed by atoms with Gasteiger partial charge in [0.1, 0.15) is 0 Å². The highest BCUT2D eigenvalue weighted by atomic mass is 32.1. The Hall–Kier alpha value is -1.38. The van der Waals surface area contributed by atoms with E-state index >= 15 is 0 Å². The Bertz CT molecular complexity index is 573. The third-order valence-corrected chi connectivity index (χ3v) is 3.91. The summed E-state index contributed by atoms with van der Waals surface area (Å²) in [6.45, 7) is 4.16. The lowest BCUT2D eigenvalue weighted by molar-refractivity contribution is 1.46. The van der Waals surface area contributed by atoms with Gasteiger partial charge in [0.05, 0.1) is 0 Å². The molecule has 0 spiro atoms. The van der Waals surface area contributed by atoms with Gasteiger partial charge in [0.2, 0.25) is 0 Å². The van der Waals surface area contributed by atoms with Crippen LogP contribution < -0.4 is 0 Å². The molecule has 0 unspecified atom stereocenters. The van der Waals surface area contributed by atoms with Crippen LogP contribution >= 0.6 is 25.3 Å². The van der Waals surface area contributed by atoms with Gasteiger partial charge in [0, 0.05) is 9.81 Å². The van der Waals surface area contributed by atoms with E-state index in [1.807, 2.05) is 12.2 Å². The van der Waals surface area contributed by atoms with E-state index in [1.165, 1.54) is 11.1 Å². The smallest absolute Gasteiger partial charge is 0.0113 e. The van der Waals surface area contributed by atoms with Gasteiger partial charge >= 0.3 is 0 Å². The van der Waals surface area contributed by atoms with Crippen LogP contribution in [0, 0.1) is 13.8 Å². The molecule has 2 rings (SSSR count). The average molecular weight is 298 g/mol. The lowest BCUT2D eigenvalue weighted by Gasteiger charge is -2.02. The van der Waals surface area contributed by atoms with Crippen LogP contribution in [0.15, 0.2) is 60.7 Å². The van der Waals surface area contributed by atoms with Crippen LogP contribution in [0.1, 0.15) is 22.3 Å². The fourth-order valence-corrected chi connectivity index (χ4v) is 2.25. The van der Waals surface area contributed by atoms with Crippen LogP contribution in [0.4, 0.5) is 0 Å². The third-order valence-electron chi connectivity index (χ3n) is 3.09. The van der Waals surface area contributed by atoms with Crippen molar-refractivity contribution in [2.75, 3.05) is 0 Å².